The number of aromatic nitrogens is 1. The van der Waals surface area contributed by atoms with Crippen molar-refractivity contribution < 1.29 is 24.6 Å². The molecule has 0 bridgehead atoms. The maximum absolute atomic E-state index is 11.3. The van der Waals surface area contributed by atoms with Gasteiger partial charge in [-0.25, -0.2) is 9.79 Å². The first-order chi connectivity index (χ1) is 11.6. The lowest BCUT2D eigenvalue weighted by atomic mass is 10.1. The number of phenols is 2. The Morgan fingerprint density at radius 3 is 2.54 bits per heavy atom. The van der Waals surface area contributed by atoms with Crippen LogP contribution in [0.3, 0.4) is 0 Å². The first kappa shape index (κ1) is 15.3. The lowest BCUT2D eigenvalue weighted by Gasteiger charge is -2.00. The molecule has 0 aliphatic rings. The number of benzene rings is 2. The van der Waals surface area contributed by atoms with Gasteiger partial charge in [-0.3, -0.25) is 0 Å². The zero-order valence-corrected chi connectivity index (χ0v) is 12.2. The largest absolute Gasteiger partial charge is 0.508 e. The smallest absolute Gasteiger partial charge is 0.358 e. The van der Waals surface area contributed by atoms with Crippen LogP contribution in [-0.4, -0.2) is 32.7 Å². The van der Waals surface area contributed by atoms with Gasteiger partial charge >= 0.3 is 5.97 Å². The van der Waals surface area contributed by atoms with E-state index >= 15 is 0 Å². The van der Waals surface area contributed by atoms with Crippen molar-refractivity contribution in [3.05, 3.63) is 59.8 Å². The molecule has 3 N–H and O–H groups in total. The molecule has 0 atom stereocenters. The highest BCUT2D eigenvalue weighted by molar-refractivity contribution is 5.97. The van der Waals surface area contributed by atoms with Crippen molar-refractivity contribution in [2.75, 3.05) is 0 Å². The van der Waals surface area contributed by atoms with E-state index in [9.17, 15) is 20.1 Å². The molecule has 0 aliphatic carbocycles. The third-order valence-corrected chi connectivity index (χ3v) is 3.27. The van der Waals surface area contributed by atoms with E-state index < -0.39 is 5.97 Å². The molecule has 7 heteroatoms. The van der Waals surface area contributed by atoms with Gasteiger partial charge < -0.3 is 19.8 Å². The Kier molecular flexibility index (Phi) is 3.98. The number of carboxylic acids is 1. The molecule has 0 saturated heterocycles. The third kappa shape index (κ3) is 2.95. The summed E-state index contributed by atoms with van der Waals surface area (Å²) < 4.78 is 5.04. The Labute approximate surface area is 136 Å². The second kappa shape index (κ2) is 6.25. The SMILES string of the molecule is O=C(O)c1noc(N=Cc2ccc(O)cc2O)c1-c1ccccc1. The van der Waals surface area contributed by atoms with Crippen molar-refractivity contribution in [3.8, 4) is 22.6 Å². The summed E-state index contributed by atoms with van der Waals surface area (Å²) in [6.45, 7) is 0. The van der Waals surface area contributed by atoms with E-state index in [1.54, 1.807) is 30.3 Å². The second-order valence-electron chi connectivity index (χ2n) is 4.88. The predicted molar refractivity (Wildman–Crippen MR) is 85.9 cm³/mol. The molecule has 0 saturated carbocycles. The van der Waals surface area contributed by atoms with E-state index in [1.165, 1.54) is 24.4 Å². The summed E-state index contributed by atoms with van der Waals surface area (Å²) >= 11 is 0. The van der Waals surface area contributed by atoms with Crippen molar-refractivity contribution in [2.45, 2.75) is 0 Å². The summed E-state index contributed by atoms with van der Waals surface area (Å²) in [5.41, 5.74) is 0.930. The van der Waals surface area contributed by atoms with Crippen molar-refractivity contribution in [1.29, 1.82) is 0 Å². The van der Waals surface area contributed by atoms with Gasteiger partial charge in [-0.05, 0) is 17.7 Å². The van der Waals surface area contributed by atoms with E-state index in [0.717, 1.165) is 0 Å². The minimum atomic E-state index is -1.23. The molecular weight excluding hydrogens is 312 g/mol. The predicted octanol–water partition coefficient (Wildman–Crippen LogP) is 3.20. The fourth-order valence-corrected chi connectivity index (χ4v) is 2.15. The molecule has 24 heavy (non-hydrogen) atoms. The zero-order valence-electron chi connectivity index (χ0n) is 12.2. The Morgan fingerprint density at radius 1 is 1.12 bits per heavy atom. The van der Waals surface area contributed by atoms with Gasteiger partial charge in [0.15, 0.2) is 0 Å². The van der Waals surface area contributed by atoms with Gasteiger partial charge in [-0.15, -0.1) is 0 Å². The molecule has 7 nitrogen and oxygen atoms in total. The van der Waals surface area contributed by atoms with E-state index in [2.05, 4.69) is 10.1 Å². The number of carbonyl (C=O) groups is 1. The van der Waals surface area contributed by atoms with Crippen LogP contribution in [0.5, 0.6) is 11.5 Å². The van der Waals surface area contributed by atoms with E-state index in [0.29, 0.717) is 11.1 Å². The molecule has 120 valence electrons. The van der Waals surface area contributed by atoms with E-state index in [1.807, 2.05) is 0 Å². The summed E-state index contributed by atoms with van der Waals surface area (Å²) in [5, 5.41) is 31.8. The molecule has 0 fully saturated rings. The summed E-state index contributed by atoms with van der Waals surface area (Å²) in [5.74, 6) is -1.47. The number of aromatic hydroxyl groups is 2. The third-order valence-electron chi connectivity index (χ3n) is 3.27. The first-order valence-corrected chi connectivity index (χ1v) is 6.90. The van der Waals surface area contributed by atoms with Crippen LogP contribution in [0, 0.1) is 0 Å². The van der Waals surface area contributed by atoms with Crippen LogP contribution in [0.15, 0.2) is 58.0 Å². The van der Waals surface area contributed by atoms with Gasteiger partial charge in [0.2, 0.25) is 5.69 Å². The van der Waals surface area contributed by atoms with Crippen LogP contribution in [0.4, 0.5) is 5.88 Å². The topological polar surface area (TPSA) is 116 Å². The average molecular weight is 324 g/mol. The first-order valence-electron chi connectivity index (χ1n) is 6.90. The number of phenolic OH excluding ortho intramolecular Hbond substituents is 2. The highest BCUT2D eigenvalue weighted by Gasteiger charge is 2.22. The lowest BCUT2D eigenvalue weighted by Crippen LogP contribution is -1.98. The molecule has 1 aromatic heterocycles. The molecule has 3 rings (SSSR count). The van der Waals surface area contributed by atoms with Crippen LogP contribution in [0.25, 0.3) is 11.1 Å². The highest BCUT2D eigenvalue weighted by atomic mass is 16.5. The highest BCUT2D eigenvalue weighted by Crippen LogP contribution is 2.34. The summed E-state index contributed by atoms with van der Waals surface area (Å²) in [6.07, 6.45) is 1.30. The zero-order chi connectivity index (χ0) is 17.1. The standard InChI is InChI=1S/C17H12N2O5/c20-12-7-6-11(13(21)8-12)9-18-16-14(10-4-2-1-3-5-10)15(17(22)23)19-24-16/h1-9,20-21H,(H,22,23). The van der Waals surface area contributed by atoms with E-state index in [4.69, 9.17) is 4.52 Å². The van der Waals surface area contributed by atoms with Crippen LogP contribution in [0.1, 0.15) is 16.1 Å². The molecular formula is C17H12N2O5. The number of rotatable bonds is 4. The molecule has 3 aromatic rings. The fourth-order valence-electron chi connectivity index (χ4n) is 2.15. The molecule has 0 unspecified atom stereocenters. The van der Waals surface area contributed by atoms with Crippen LogP contribution >= 0.6 is 0 Å². The molecule has 0 spiro atoms. The van der Waals surface area contributed by atoms with Gasteiger partial charge in [0.05, 0.1) is 5.56 Å². The van der Waals surface area contributed by atoms with Crippen molar-refractivity contribution in [2.24, 2.45) is 4.99 Å². The summed E-state index contributed by atoms with van der Waals surface area (Å²) in [6, 6.07) is 12.8. The number of aromatic carboxylic acids is 1. The fraction of sp³-hybridized carbons (Fsp3) is 0. The number of hydrogen-bond donors (Lipinski definition) is 3. The molecule has 1 heterocycles. The van der Waals surface area contributed by atoms with Crippen LogP contribution in [-0.2, 0) is 0 Å². The number of carboxylic acid groups (broad SMARTS) is 1. The Bertz CT molecular complexity index is 916. The Balaban J connectivity index is 2.05. The minimum Gasteiger partial charge on any atom is -0.508 e. The number of hydrogen-bond acceptors (Lipinski definition) is 6. The molecule has 0 amide bonds. The minimum absolute atomic E-state index is 0.00562. The summed E-state index contributed by atoms with van der Waals surface area (Å²) in [7, 11) is 0. The average Bonchev–Trinajstić information content (AvgIpc) is 2.99. The maximum Gasteiger partial charge on any atom is 0.358 e. The van der Waals surface area contributed by atoms with Gasteiger partial charge in [-0.1, -0.05) is 35.5 Å². The monoisotopic (exact) mass is 324 g/mol. The number of nitrogens with zero attached hydrogens (tertiary/aromatic N) is 2. The van der Waals surface area contributed by atoms with Crippen molar-refractivity contribution in [3.63, 3.8) is 0 Å². The van der Waals surface area contributed by atoms with Gasteiger partial charge in [0.25, 0.3) is 5.88 Å². The van der Waals surface area contributed by atoms with Gasteiger partial charge in [-0.2, -0.15) is 0 Å². The normalized spacial score (nSPS) is 11.0. The van der Waals surface area contributed by atoms with Crippen LogP contribution in [0.2, 0.25) is 0 Å². The molecule has 2 aromatic carbocycles. The van der Waals surface area contributed by atoms with Crippen molar-refractivity contribution >= 4 is 18.1 Å². The summed E-state index contributed by atoms with van der Waals surface area (Å²) in [4.78, 5) is 15.4. The lowest BCUT2D eigenvalue weighted by molar-refractivity contribution is 0.0686. The molecule has 0 radical (unpaired) electrons. The van der Waals surface area contributed by atoms with E-state index in [-0.39, 0.29) is 28.6 Å². The Morgan fingerprint density at radius 2 is 1.88 bits per heavy atom. The van der Waals surface area contributed by atoms with Gasteiger partial charge in [0.1, 0.15) is 11.5 Å². The quantitative estimate of drug-likeness (QED) is 0.635. The number of aliphatic imine (C=N–C) groups is 1. The van der Waals surface area contributed by atoms with Gasteiger partial charge in [0, 0.05) is 17.8 Å². The Hall–Kier alpha value is -3.61. The maximum atomic E-state index is 11.3. The van der Waals surface area contributed by atoms with Crippen LogP contribution < -0.4 is 0 Å². The van der Waals surface area contributed by atoms with Crippen molar-refractivity contribution in [1.82, 2.24) is 5.16 Å². The molecule has 0 aliphatic heterocycles. The second-order valence-corrected chi connectivity index (χ2v) is 4.88.